The van der Waals surface area contributed by atoms with E-state index in [1.807, 2.05) is 0 Å². The van der Waals surface area contributed by atoms with Gasteiger partial charge in [-0.3, -0.25) is 4.99 Å². The normalized spacial score (nSPS) is 24.7. The van der Waals surface area contributed by atoms with Crippen LogP contribution in [0.4, 0.5) is 5.69 Å². The number of rotatable bonds is 6. The number of hydrogen-bond acceptors (Lipinski definition) is 4. The van der Waals surface area contributed by atoms with Crippen LogP contribution in [0.5, 0.6) is 0 Å². The van der Waals surface area contributed by atoms with Crippen molar-refractivity contribution in [2.24, 2.45) is 4.99 Å². The van der Waals surface area contributed by atoms with Crippen molar-refractivity contribution in [2.75, 3.05) is 42.6 Å². The molecule has 0 spiro atoms. The lowest BCUT2D eigenvalue weighted by molar-refractivity contribution is 0.0778. The van der Waals surface area contributed by atoms with Gasteiger partial charge in [0, 0.05) is 31.1 Å². The number of thioether (sulfide) groups is 1. The molecule has 2 heterocycles. The molecule has 1 aromatic carbocycles. The molecule has 2 aliphatic rings. The number of benzene rings is 1. The van der Waals surface area contributed by atoms with Crippen molar-refractivity contribution in [3.05, 3.63) is 29.8 Å². The predicted molar refractivity (Wildman–Crippen MR) is 112 cm³/mol. The standard InChI is InChI=1S/C20H32N4OS/c1-3-21-19(22-14-20(25)9-12-26-15-20)23-16(2)17-7-6-8-18(13-17)24-10-4-5-11-24/h6-8,13,16,25H,3-5,9-12,14-15H2,1-2H3,(H2,21,22,23). The summed E-state index contributed by atoms with van der Waals surface area (Å²) in [5.41, 5.74) is 1.93. The van der Waals surface area contributed by atoms with Gasteiger partial charge in [-0.1, -0.05) is 12.1 Å². The molecule has 3 rings (SSSR count). The molecule has 0 radical (unpaired) electrons. The topological polar surface area (TPSA) is 59.9 Å². The fourth-order valence-corrected chi connectivity index (χ4v) is 4.81. The Bertz CT molecular complexity index is 610. The number of guanidine groups is 1. The minimum absolute atomic E-state index is 0.156. The second-order valence-electron chi connectivity index (χ2n) is 7.38. The van der Waals surface area contributed by atoms with Crippen molar-refractivity contribution in [1.82, 2.24) is 10.6 Å². The van der Waals surface area contributed by atoms with Crippen molar-refractivity contribution in [2.45, 2.75) is 44.8 Å². The van der Waals surface area contributed by atoms with Crippen LogP contribution in [0.25, 0.3) is 0 Å². The third kappa shape index (κ3) is 5.07. The first-order valence-electron chi connectivity index (χ1n) is 9.79. The largest absolute Gasteiger partial charge is 0.387 e. The van der Waals surface area contributed by atoms with Gasteiger partial charge in [0.15, 0.2) is 5.96 Å². The molecule has 2 unspecified atom stereocenters. The molecule has 5 nitrogen and oxygen atoms in total. The Hall–Kier alpha value is -1.40. The van der Waals surface area contributed by atoms with Gasteiger partial charge in [0.2, 0.25) is 0 Å². The van der Waals surface area contributed by atoms with E-state index in [0.29, 0.717) is 6.54 Å². The van der Waals surface area contributed by atoms with Crippen LogP contribution in [-0.4, -0.2) is 54.4 Å². The number of anilines is 1. The van der Waals surface area contributed by atoms with Crippen LogP contribution in [0.2, 0.25) is 0 Å². The van der Waals surface area contributed by atoms with Crippen molar-refractivity contribution in [3.63, 3.8) is 0 Å². The van der Waals surface area contributed by atoms with Crippen LogP contribution in [0.1, 0.15) is 44.7 Å². The maximum atomic E-state index is 10.5. The van der Waals surface area contributed by atoms with Gasteiger partial charge >= 0.3 is 0 Å². The third-order valence-corrected chi connectivity index (χ3v) is 6.39. The van der Waals surface area contributed by atoms with Crippen LogP contribution >= 0.6 is 11.8 Å². The number of nitrogens with zero attached hydrogens (tertiary/aromatic N) is 2. The summed E-state index contributed by atoms with van der Waals surface area (Å²) in [4.78, 5) is 7.11. The zero-order valence-corrected chi connectivity index (χ0v) is 16.8. The smallest absolute Gasteiger partial charge is 0.191 e. The molecular formula is C20H32N4OS. The third-order valence-electron chi connectivity index (χ3n) is 5.15. The van der Waals surface area contributed by atoms with E-state index < -0.39 is 5.60 Å². The van der Waals surface area contributed by atoms with Crippen LogP contribution in [0.15, 0.2) is 29.3 Å². The first-order valence-corrected chi connectivity index (χ1v) is 10.9. The highest BCUT2D eigenvalue weighted by Gasteiger charge is 2.31. The molecule has 2 atom stereocenters. The SMILES string of the molecule is CCNC(=NCC1(O)CCSC1)NC(C)c1cccc(N2CCCC2)c1. The summed E-state index contributed by atoms with van der Waals surface area (Å²) in [5, 5.41) is 17.3. The summed E-state index contributed by atoms with van der Waals surface area (Å²) >= 11 is 1.81. The lowest BCUT2D eigenvalue weighted by Crippen LogP contribution is -2.41. The first-order chi connectivity index (χ1) is 12.6. The lowest BCUT2D eigenvalue weighted by Gasteiger charge is -2.23. The van der Waals surface area contributed by atoms with Gasteiger partial charge in [0.05, 0.1) is 18.2 Å². The van der Waals surface area contributed by atoms with E-state index in [9.17, 15) is 5.11 Å². The van der Waals surface area contributed by atoms with E-state index in [1.165, 1.54) is 24.1 Å². The number of nitrogens with one attached hydrogen (secondary N) is 2. The highest BCUT2D eigenvalue weighted by atomic mass is 32.2. The Balaban J connectivity index is 1.65. The van der Waals surface area contributed by atoms with Crippen LogP contribution in [-0.2, 0) is 0 Å². The average molecular weight is 377 g/mol. The van der Waals surface area contributed by atoms with E-state index in [2.05, 4.69) is 58.6 Å². The zero-order valence-electron chi connectivity index (χ0n) is 16.0. The maximum Gasteiger partial charge on any atom is 0.191 e. The summed E-state index contributed by atoms with van der Waals surface area (Å²) in [6, 6.07) is 8.95. The highest BCUT2D eigenvalue weighted by molar-refractivity contribution is 7.99. The molecular weight excluding hydrogens is 344 g/mol. The van der Waals surface area contributed by atoms with E-state index in [1.54, 1.807) is 11.8 Å². The predicted octanol–water partition coefficient (Wildman–Crippen LogP) is 2.77. The van der Waals surface area contributed by atoms with E-state index in [4.69, 9.17) is 0 Å². The van der Waals surface area contributed by atoms with Gasteiger partial charge in [-0.05, 0) is 56.6 Å². The van der Waals surface area contributed by atoms with Crippen LogP contribution in [0, 0.1) is 0 Å². The Morgan fingerprint density at radius 3 is 2.88 bits per heavy atom. The summed E-state index contributed by atoms with van der Waals surface area (Å²) in [5.74, 6) is 2.58. The van der Waals surface area contributed by atoms with Crippen molar-refractivity contribution in [3.8, 4) is 0 Å². The molecule has 2 aliphatic heterocycles. The number of hydrogen-bond donors (Lipinski definition) is 3. The fourth-order valence-electron chi connectivity index (χ4n) is 3.52. The van der Waals surface area contributed by atoms with Crippen molar-refractivity contribution >= 4 is 23.4 Å². The zero-order chi connectivity index (χ0) is 18.4. The molecule has 1 aromatic rings. The molecule has 2 saturated heterocycles. The molecule has 0 amide bonds. The van der Waals surface area contributed by atoms with E-state index in [0.717, 1.165) is 43.5 Å². The second kappa shape index (κ2) is 9.00. The Morgan fingerprint density at radius 2 is 2.19 bits per heavy atom. The molecule has 144 valence electrons. The summed E-state index contributed by atoms with van der Waals surface area (Å²) in [6.45, 7) is 7.80. The molecule has 0 bridgehead atoms. The molecule has 0 aromatic heterocycles. The minimum Gasteiger partial charge on any atom is -0.387 e. The summed E-state index contributed by atoms with van der Waals surface area (Å²) < 4.78 is 0. The molecule has 6 heteroatoms. The van der Waals surface area contributed by atoms with Crippen LogP contribution in [0.3, 0.4) is 0 Å². The average Bonchev–Trinajstić information content (AvgIpc) is 3.32. The fraction of sp³-hybridized carbons (Fsp3) is 0.650. The Morgan fingerprint density at radius 1 is 1.38 bits per heavy atom. The second-order valence-corrected chi connectivity index (χ2v) is 8.48. The summed E-state index contributed by atoms with van der Waals surface area (Å²) in [7, 11) is 0. The number of aliphatic imine (C=N–C) groups is 1. The maximum absolute atomic E-state index is 10.5. The first kappa shape index (κ1) is 19.4. The number of aliphatic hydroxyl groups is 1. The van der Waals surface area contributed by atoms with Gasteiger partial charge in [0.1, 0.15) is 0 Å². The van der Waals surface area contributed by atoms with Gasteiger partial charge in [-0.2, -0.15) is 11.8 Å². The molecule has 2 fully saturated rings. The Labute approximate surface area is 161 Å². The van der Waals surface area contributed by atoms with Gasteiger partial charge < -0.3 is 20.6 Å². The van der Waals surface area contributed by atoms with Crippen molar-refractivity contribution in [1.29, 1.82) is 0 Å². The lowest BCUT2D eigenvalue weighted by atomic mass is 10.0. The Kier molecular flexibility index (Phi) is 6.70. The minimum atomic E-state index is -0.647. The van der Waals surface area contributed by atoms with Gasteiger partial charge in [-0.15, -0.1) is 0 Å². The van der Waals surface area contributed by atoms with E-state index in [-0.39, 0.29) is 6.04 Å². The van der Waals surface area contributed by atoms with Crippen LogP contribution < -0.4 is 15.5 Å². The molecule has 0 saturated carbocycles. The molecule has 3 N–H and O–H groups in total. The monoisotopic (exact) mass is 376 g/mol. The quantitative estimate of drug-likeness (QED) is 0.526. The molecule has 0 aliphatic carbocycles. The van der Waals surface area contributed by atoms with Gasteiger partial charge in [-0.25, -0.2) is 0 Å². The molecule has 26 heavy (non-hydrogen) atoms. The van der Waals surface area contributed by atoms with Gasteiger partial charge in [0.25, 0.3) is 0 Å². The van der Waals surface area contributed by atoms with E-state index >= 15 is 0 Å². The van der Waals surface area contributed by atoms with Crippen molar-refractivity contribution < 1.29 is 5.11 Å². The summed E-state index contributed by atoms with van der Waals surface area (Å²) in [6.07, 6.45) is 3.40. The highest BCUT2D eigenvalue weighted by Crippen LogP contribution is 2.28.